The van der Waals surface area contributed by atoms with E-state index in [1.165, 1.54) is 12.8 Å². The van der Waals surface area contributed by atoms with Crippen molar-refractivity contribution in [1.82, 2.24) is 5.32 Å². The van der Waals surface area contributed by atoms with Gasteiger partial charge in [0.2, 0.25) is 0 Å². The molecule has 0 atom stereocenters. The van der Waals surface area contributed by atoms with Crippen LogP contribution in [0.5, 0.6) is 0 Å². The van der Waals surface area contributed by atoms with Crippen molar-refractivity contribution in [2.24, 2.45) is 0 Å². The molecule has 2 heteroatoms. The van der Waals surface area contributed by atoms with E-state index in [9.17, 15) is 0 Å². The van der Waals surface area contributed by atoms with Gasteiger partial charge in [-0.15, -0.1) is 6.58 Å². The molecule has 0 radical (unpaired) electrons. The first-order chi connectivity index (χ1) is 8.51. The summed E-state index contributed by atoms with van der Waals surface area (Å²) in [4.78, 5) is 0. The van der Waals surface area contributed by atoms with E-state index in [-0.39, 0.29) is 0 Å². The van der Waals surface area contributed by atoms with Crippen LogP contribution in [0.4, 0.5) is 0 Å². The molecule has 1 rings (SSSR count). The first kappa shape index (κ1) is 19.1. The molecule has 0 aliphatic heterocycles. The fourth-order valence-corrected chi connectivity index (χ4v) is 7.01. The first-order valence-corrected chi connectivity index (χ1v) is 21.2. The summed E-state index contributed by atoms with van der Waals surface area (Å²) in [5, 5.41) is 3.24. The average Bonchev–Trinajstić information content (AvgIpc) is 2.77. The molecule has 0 saturated heterocycles. The Bertz CT molecular complexity index is 340. The molecule has 0 spiro atoms. The van der Waals surface area contributed by atoms with Gasteiger partial charge >= 0.3 is 68.4 Å². The van der Waals surface area contributed by atoms with Crippen molar-refractivity contribution in [3.8, 4) is 0 Å². The van der Waals surface area contributed by atoms with Gasteiger partial charge in [-0.05, 0) is 25.9 Å². The van der Waals surface area contributed by atoms with E-state index < -0.39 is 17.3 Å². The minimum atomic E-state index is -2.78. The third-order valence-corrected chi connectivity index (χ3v) is 12.2. The van der Waals surface area contributed by atoms with E-state index in [2.05, 4.69) is 60.2 Å². The number of hydrogen-bond acceptors (Lipinski definition) is 1. The molecule has 0 bridgehead atoms. The van der Waals surface area contributed by atoms with Crippen LogP contribution in [-0.4, -0.2) is 13.1 Å². The topological polar surface area (TPSA) is 12.0 Å². The molecule has 1 aliphatic carbocycles. The number of nitrogens with one attached hydrogen (secondary N) is 1. The molecule has 1 aliphatic rings. The average molecular weight is 345 g/mol. The van der Waals surface area contributed by atoms with Gasteiger partial charge in [0.25, 0.3) is 0 Å². The molecule has 0 heterocycles. The molecule has 1 N–H and O–H groups in total. The van der Waals surface area contributed by atoms with Crippen molar-refractivity contribution in [1.29, 1.82) is 0 Å². The number of unbranched alkanes of at least 4 members (excludes halogenated alkanes) is 1. The fraction of sp³-hybridized carbons (Fsp3) is 0.647. The van der Waals surface area contributed by atoms with E-state index in [0.717, 1.165) is 19.5 Å². The summed E-state index contributed by atoms with van der Waals surface area (Å²) in [7, 11) is 0. The van der Waals surface area contributed by atoms with Crippen molar-refractivity contribution in [3.63, 3.8) is 0 Å². The van der Waals surface area contributed by atoms with Gasteiger partial charge in [-0.3, -0.25) is 0 Å². The van der Waals surface area contributed by atoms with Crippen molar-refractivity contribution in [2.75, 3.05) is 13.1 Å². The van der Waals surface area contributed by atoms with Crippen LogP contribution in [0.15, 0.2) is 34.2 Å². The second-order valence-corrected chi connectivity index (χ2v) is 41.7. The molecule has 0 fully saturated rings. The van der Waals surface area contributed by atoms with E-state index in [0.29, 0.717) is 0 Å². The molecule has 0 aromatic carbocycles. The van der Waals surface area contributed by atoms with Crippen LogP contribution in [0.1, 0.15) is 26.2 Å². The molecule has 0 aromatic heterocycles. The zero-order valence-electron chi connectivity index (χ0n) is 14.1. The van der Waals surface area contributed by atoms with Crippen LogP contribution in [0, 0.1) is 0 Å². The molecule has 112 valence electrons. The number of rotatable bonds is 6. The SMILES string of the molecule is C=CCCCNCC.[CH3][Zr]([CH3])([CH3])([CH3])([CH3])[C]1=CC=CC1. The Labute approximate surface area is 119 Å². The summed E-state index contributed by atoms with van der Waals surface area (Å²) >= 11 is -2.78. The second-order valence-electron chi connectivity index (χ2n) is 9.36. The molecule has 0 amide bonds. The molecule has 19 heavy (non-hydrogen) atoms. The van der Waals surface area contributed by atoms with E-state index in [4.69, 9.17) is 0 Å². The summed E-state index contributed by atoms with van der Waals surface area (Å²) in [6.45, 7) is 7.96. The van der Waals surface area contributed by atoms with Crippen molar-refractivity contribution < 1.29 is 17.3 Å². The maximum atomic E-state index is 3.63. The van der Waals surface area contributed by atoms with Crippen LogP contribution in [0.2, 0.25) is 23.2 Å². The molecule has 0 saturated carbocycles. The predicted octanol–water partition coefficient (Wildman–Crippen LogP) is 5.86. The summed E-state index contributed by atoms with van der Waals surface area (Å²) in [6.07, 6.45) is 12.3. The summed E-state index contributed by atoms with van der Waals surface area (Å²) in [5.41, 5.74) is 0. The van der Waals surface area contributed by atoms with Crippen molar-refractivity contribution in [2.45, 2.75) is 49.3 Å². The van der Waals surface area contributed by atoms with Crippen LogP contribution in [-0.2, 0) is 17.3 Å². The number of allylic oxidation sites excluding steroid dienone is 5. The summed E-state index contributed by atoms with van der Waals surface area (Å²) in [6, 6.07) is 0. The Balaban J connectivity index is 0.000000362. The monoisotopic (exact) mass is 343 g/mol. The Morgan fingerprint density at radius 1 is 1.26 bits per heavy atom. The molecular weight excluding hydrogens is 309 g/mol. The standard InChI is InChI=1S/C7H15N.C5H5.5CH3.Zr/c1-3-5-6-7-8-4-2;1-2-4-5-3-1;;;;;;/h3,8H,1,4-7H2,2H3;1-3H,4H2;5*1H3;. The Morgan fingerprint density at radius 3 is 2.21 bits per heavy atom. The molecule has 1 nitrogen and oxygen atoms in total. The fourth-order valence-electron chi connectivity index (χ4n) is 1.92. The third kappa shape index (κ3) is 9.57. The number of hydrogen-bond donors (Lipinski definition) is 1. The zero-order valence-corrected chi connectivity index (χ0v) is 16.5. The van der Waals surface area contributed by atoms with Gasteiger partial charge < -0.3 is 5.32 Å². The van der Waals surface area contributed by atoms with Crippen LogP contribution in [0.25, 0.3) is 0 Å². The summed E-state index contributed by atoms with van der Waals surface area (Å²) < 4.78 is 14.2. The zero-order chi connectivity index (χ0) is 15.1. The van der Waals surface area contributed by atoms with Gasteiger partial charge in [0.1, 0.15) is 0 Å². The van der Waals surface area contributed by atoms with Crippen LogP contribution in [0.3, 0.4) is 0 Å². The Kier molecular flexibility index (Phi) is 6.70. The van der Waals surface area contributed by atoms with Gasteiger partial charge in [0.05, 0.1) is 0 Å². The summed E-state index contributed by atoms with van der Waals surface area (Å²) in [5.74, 6) is 0. The van der Waals surface area contributed by atoms with Gasteiger partial charge in [-0.25, -0.2) is 0 Å². The Morgan fingerprint density at radius 2 is 1.89 bits per heavy atom. The second kappa shape index (κ2) is 6.68. The maximum absolute atomic E-state index is 3.63. The van der Waals surface area contributed by atoms with E-state index in [1.54, 1.807) is 3.28 Å². The predicted molar refractivity (Wildman–Crippen MR) is 89.1 cm³/mol. The van der Waals surface area contributed by atoms with Crippen LogP contribution >= 0.6 is 0 Å². The van der Waals surface area contributed by atoms with Gasteiger partial charge in [0, 0.05) is 0 Å². The molecule has 0 unspecified atom stereocenters. The molecule has 0 aromatic rings. The minimum absolute atomic E-state index is 1.08. The van der Waals surface area contributed by atoms with Crippen molar-refractivity contribution in [3.05, 3.63) is 34.2 Å². The third-order valence-electron chi connectivity index (χ3n) is 3.39. The van der Waals surface area contributed by atoms with Crippen LogP contribution < -0.4 is 5.32 Å². The normalized spacial score (nSPS) is 17.9. The Hall–Kier alpha value is 0.0631. The quantitative estimate of drug-likeness (QED) is 0.470. The molecular formula is C17H35NZr. The van der Waals surface area contributed by atoms with Gasteiger partial charge in [0.15, 0.2) is 0 Å². The first-order valence-electron chi connectivity index (χ1n) is 7.70. The van der Waals surface area contributed by atoms with Crippen molar-refractivity contribution >= 4 is 0 Å². The van der Waals surface area contributed by atoms with Gasteiger partial charge in [-0.2, -0.15) is 0 Å². The van der Waals surface area contributed by atoms with E-state index >= 15 is 0 Å². The van der Waals surface area contributed by atoms with E-state index in [1.807, 2.05) is 6.08 Å². The van der Waals surface area contributed by atoms with Gasteiger partial charge in [-0.1, -0.05) is 13.0 Å².